The lowest BCUT2D eigenvalue weighted by molar-refractivity contribution is -0.111. The predicted octanol–water partition coefficient (Wildman–Crippen LogP) is 2.68. The molecule has 1 aromatic rings. The Kier molecular flexibility index (Phi) is 5.37. The van der Waals surface area contributed by atoms with Gasteiger partial charge in [0.15, 0.2) is 11.6 Å². The summed E-state index contributed by atoms with van der Waals surface area (Å²) in [6, 6.07) is 3.06. The summed E-state index contributed by atoms with van der Waals surface area (Å²) in [6.07, 6.45) is 0.467. The van der Waals surface area contributed by atoms with Crippen LogP contribution in [0.4, 0.5) is 4.39 Å². The van der Waals surface area contributed by atoms with E-state index in [2.05, 4.69) is 0 Å². The lowest BCUT2D eigenvalue weighted by atomic mass is 10.3. The molecule has 0 saturated heterocycles. The topological polar surface area (TPSA) is 60.4 Å². The maximum atomic E-state index is 13.4. The Morgan fingerprint density at radius 3 is 2.56 bits per heavy atom. The molecular weight excluding hydrogens is 306 g/mol. The van der Waals surface area contributed by atoms with Crippen LogP contribution in [0.5, 0.6) is 5.75 Å². The molecule has 1 rings (SSSR count). The Morgan fingerprint density at radius 1 is 1.39 bits per heavy atom. The molecule has 0 saturated carbocycles. The van der Waals surface area contributed by atoms with Crippen molar-refractivity contribution in [2.24, 2.45) is 0 Å². The van der Waals surface area contributed by atoms with E-state index in [-0.39, 0.29) is 23.7 Å². The second kappa shape index (κ2) is 6.36. The summed E-state index contributed by atoms with van der Waals surface area (Å²) < 4.78 is 40.3. The van der Waals surface area contributed by atoms with Gasteiger partial charge >= 0.3 is 0 Å². The van der Waals surface area contributed by atoms with E-state index < -0.39 is 20.1 Å². The van der Waals surface area contributed by atoms with E-state index in [1.807, 2.05) is 0 Å². The highest BCUT2D eigenvalue weighted by molar-refractivity contribution is 8.13. The third kappa shape index (κ3) is 4.80. The second-order valence-corrected chi connectivity index (χ2v) is 6.32. The summed E-state index contributed by atoms with van der Waals surface area (Å²) >= 11 is 5.11. The summed E-state index contributed by atoms with van der Waals surface area (Å²) in [5.41, 5.74) is 0. The maximum absolute atomic E-state index is 13.4. The Bertz CT molecular complexity index is 545. The average molecular weight is 315 g/mol. The highest BCUT2D eigenvalue weighted by Gasteiger charge is 2.13. The zero-order valence-corrected chi connectivity index (χ0v) is 11.4. The van der Waals surface area contributed by atoms with Crippen LogP contribution in [0.15, 0.2) is 23.1 Å². The van der Waals surface area contributed by atoms with E-state index in [1.165, 1.54) is 0 Å². The minimum absolute atomic E-state index is 0.0996. The van der Waals surface area contributed by atoms with Crippen LogP contribution in [0.3, 0.4) is 0 Å². The first-order valence-electron chi connectivity index (χ1n) is 4.86. The molecular formula is C10H9Cl2FO4S. The third-order valence-corrected chi connectivity index (χ3v) is 3.50. The van der Waals surface area contributed by atoms with Crippen molar-refractivity contribution in [2.75, 3.05) is 6.61 Å². The SMILES string of the molecule is O=C(Cl)CCCOc1ccc(S(=O)(=O)Cl)cc1F. The monoisotopic (exact) mass is 314 g/mol. The number of benzene rings is 1. The predicted molar refractivity (Wildman–Crippen MR) is 65.0 cm³/mol. The highest BCUT2D eigenvalue weighted by atomic mass is 35.7. The van der Waals surface area contributed by atoms with Crippen LogP contribution in [0, 0.1) is 5.82 Å². The average Bonchev–Trinajstić information content (AvgIpc) is 2.24. The molecule has 0 aliphatic rings. The molecule has 0 N–H and O–H groups in total. The molecule has 8 heteroatoms. The summed E-state index contributed by atoms with van der Waals surface area (Å²) in [7, 11) is 1.09. The van der Waals surface area contributed by atoms with Gasteiger partial charge in [0.05, 0.1) is 11.5 Å². The molecule has 0 heterocycles. The fourth-order valence-electron chi connectivity index (χ4n) is 1.14. The Hall–Kier alpha value is -0.850. The molecule has 0 aromatic heterocycles. The van der Waals surface area contributed by atoms with Gasteiger partial charge in [-0.05, 0) is 36.2 Å². The van der Waals surface area contributed by atoms with Gasteiger partial charge < -0.3 is 4.74 Å². The van der Waals surface area contributed by atoms with Crippen molar-refractivity contribution in [1.29, 1.82) is 0 Å². The first kappa shape index (κ1) is 15.2. The van der Waals surface area contributed by atoms with Crippen LogP contribution < -0.4 is 4.74 Å². The number of carbonyl (C=O) groups excluding carboxylic acids is 1. The van der Waals surface area contributed by atoms with E-state index in [9.17, 15) is 17.6 Å². The number of hydrogen-bond donors (Lipinski definition) is 0. The van der Waals surface area contributed by atoms with Gasteiger partial charge in [-0.2, -0.15) is 0 Å². The lowest BCUT2D eigenvalue weighted by Crippen LogP contribution is -2.02. The van der Waals surface area contributed by atoms with Gasteiger partial charge in [0.2, 0.25) is 5.24 Å². The molecule has 0 radical (unpaired) electrons. The van der Waals surface area contributed by atoms with Crippen LogP contribution in [0.2, 0.25) is 0 Å². The Morgan fingerprint density at radius 2 is 2.06 bits per heavy atom. The number of halogens is 3. The zero-order valence-electron chi connectivity index (χ0n) is 9.03. The van der Waals surface area contributed by atoms with Gasteiger partial charge in [0, 0.05) is 17.1 Å². The van der Waals surface area contributed by atoms with Crippen molar-refractivity contribution < 1.29 is 22.3 Å². The van der Waals surface area contributed by atoms with E-state index in [0.29, 0.717) is 6.42 Å². The molecule has 100 valence electrons. The van der Waals surface area contributed by atoms with Crippen molar-refractivity contribution in [3.63, 3.8) is 0 Å². The van der Waals surface area contributed by atoms with Gasteiger partial charge in [-0.3, -0.25) is 4.79 Å². The molecule has 0 aliphatic heterocycles. The smallest absolute Gasteiger partial charge is 0.261 e. The van der Waals surface area contributed by atoms with E-state index in [4.69, 9.17) is 27.0 Å². The number of ether oxygens (including phenoxy) is 1. The molecule has 0 unspecified atom stereocenters. The van der Waals surface area contributed by atoms with Crippen LogP contribution in [-0.2, 0) is 13.8 Å². The standard InChI is InChI=1S/C10H9Cl2FO4S/c11-10(14)2-1-5-17-9-4-3-7(6-8(9)13)18(12,15)16/h3-4,6H,1-2,5H2. The van der Waals surface area contributed by atoms with Gasteiger partial charge in [-0.25, -0.2) is 12.8 Å². The normalized spacial score (nSPS) is 11.3. The third-order valence-electron chi connectivity index (χ3n) is 1.96. The summed E-state index contributed by atoms with van der Waals surface area (Å²) in [4.78, 5) is 10.1. The van der Waals surface area contributed by atoms with Crippen LogP contribution in [0.25, 0.3) is 0 Å². The minimum Gasteiger partial charge on any atom is -0.491 e. The lowest BCUT2D eigenvalue weighted by Gasteiger charge is -2.07. The second-order valence-electron chi connectivity index (χ2n) is 3.34. The summed E-state index contributed by atoms with van der Waals surface area (Å²) in [5, 5.41) is -0.498. The Labute approximate surface area is 113 Å². The number of hydrogen-bond acceptors (Lipinski definition) is 4. The first-order valence-corrected chi connectivity index (χ1v) is 7.55. The number of carbonyl (C=O) groups is 1. The molecule has 0 aliphatic carbocycles. The van der Waals surface area contributed by atoms with E-state index >= 15 is 0 Å². The molecule has 18 heavy (non-hydrogen) atoms. The van der Waals surface area contributed by atoms with Crippen molar-refractivity contribution in [1.82, 2.24) is 0 Å². The highest BCUT2D eigenvalue weighted by Crippen LogP contribution is 2.23. The van der Waals surface area contributed by atoms with Crippen molar-refractivity contribution in [3.8, 4) is 5.75 Å². The van der Waals surface area contributed by atoms with Gasteiger partial charge in [-0.15, -0.1) is 0 Å². The molecule has 0 amide bonds. The molecule has 0 spiro atoms. The quantitative estimate of drug-likeness (QED) is 0.598. The minimum atomic E-state index is -3.96. The van der Waals surface area contributed by atoms with E-state index in [1.54, 1.807) is 0 Å². The maximum Gasteiger partial charge on any atom is 0.261 e. The fourth-order valence-corrected chi connectivity index (χ4v) is 2.04. The van der Waals surface area contributed by atoms with Crippen molar-refractivity contribution in [2.45, 2.75) is 17.7 Å². The number of rotatable bonds is 6. The molecule has 0 fully saturated rings. The summed E-state index contributed by atoms with van der Waals surface area (Å²) in [6.45, 7) is 0.0996. The van der Waals surface area contributed by atoms with Crippen molar-refractivity contribution in [3.05, 3.63) is 24.0 Å². The van der Waals surface area contributed by atoms with Crippen LogP contribution in [-0.4, -0.2) is 20.3 Å². The largest absolute Gasteiger partial charge is 0.491 e. The molecule has 1 aromatic carbocycles. The van der Waals surface area contributed by atoms with Crippen LogP contribution in [0.1, 0.15) is 12.8 Å². The van der Waals surface area contributed by atoms with Gasteiger partial charge in [-0.1, -0.05) is 0 Å². The molecule has 0 bridgehead atoms. The van der Waals surface area contributed by atoms with Crippen LogP contribution >= 0.6 is 22.3 Å². The fraction of sp³-hybridized carbons (Fsp3) is 0.300. The van der Waals surface area contributed by atoms with Gasteiger partial charge in [0.25, 0.3) is 9.05 Å². The molecule has 4 nitrogen and oxygen atoms in total. The first-order chi connectivity index (χ1) is 8.30. The molecule has 0 atom stereocenters. The zero-order chi connectivity index (χ0) is 13.8. The Balaban J connectivity index is 2.66. The van der Waals surface area contributed by atoms with Crippen molar-refractivity contribution >= 4 is 36.6 Å². The van der Waals surface area contributed by atoms with Gasteiger partial charge in [0.1, 0.15) is 0 Å². The van der Waals surface area contributed by atoms with E-state index in [0.717, 1.165) is 18.2 Å². The summed E-state index contributed by atoms with van der Waals surface area (Å²) in [5.74, 6) is -0.949.